The second-order valence-corrected chi connectivity index (χ2v) is 5.08. The van der Waals surface area contributed by atoms with Crippen molar-refractivity contribution in [1.82, 2.24) is 0 Å². The first-order chi connectivity index (χ1) is 10.1. The molecule has 0 fully saturated rings. The molecule has 0 aliphatic heterocycles. The predicted molar refractivity (Wildman–Crippen MR) is 84.9 cm³/mol. The SMILES string of the molecule is CN(C)c1ccc(N=c2c(=O)c3ccccc3c2=O)cc1. The fourth-order valence-electron chi connectivity index (χ4n) is 2.29. The highest BCUT2D eigenvalue weighted by molar-refractivity contribution is 5.83. The molecule has 0 saturated carbocycles. The van der Waals surface area contributed by atoms with Crippen LogP contribution in [0.15, 0.2) is 63.1 Å². The second-order valence-electron chi connectivity index (χ2n) is 5.08. The van der Waals surface area contributed by atoms with Crippen LogP contribution < -0.4 is 21.1 Å². The maximum Gasteiger partial charge on any atom is 0.216 e. The highest BCUT2D eigenvalue weighted by Crippen LogP contribution is 2.17. The summed E-state index contributed by atoms with van der Waals surface area (Å²) in [5.41, 5.74) is 1.04. The molecule has 0 aromatic heterocycles. The van der Waals surface area contributed by atoms with Gasteiger partial charge in [-0.1, -0.05) is 24.3 Å². The van der Waals surface area contributed by atoms with Crippen LogP contribution in [-0.2, 0) is 0 Å². The summed E-state index contributed by atoms with van der Waals surface area (Å²) in [5.74, 6) is 0. The van der Waals surface area contributed by atoms with E-state index in [1.165, 1.54) is 0 Å². The third-order valence-electron chi connectivity index (χ3n) is 3.45. The van der Waals surface area contributed by atoms with E-state index in [1.54, 1.807) is 36.4 Å². The molecule has 3 aromatic rings. The third-order valence-corrected chi connectivity index (χ3v) is 3.45. The van der Waals surface area contributed by atoms with E-state index < -0.39 is 0 Å². The van der Waals surface area contributed by atoms with Crippen molar-refractivity contribution in [3.8, 4) is 0 Å². The number of anilines is 1. The zero-order chi connectivity index (χ0) is 15.0. The molecule has 0 N–H and O–H groups in total. The highest BCUT2D eigenvalue weighted by Gasteiger charge is 2.09. The summed E-state index contributed by atoms with van der Waals surface area (Å²) in [4.78, 5) is 30.7. The van der Waals surface area contributed by atoms with Crippen molar-refractivity contribution < 1.29 is 0 Å². The fraction of sp³-hybridized carbons (Fsp3) is 0.118. The van der Waals surface area contributed by atoms with E-state index in [1.807, 2.05) is 31.1 Å². The normalized spacial score (nSPS) is 10.8. The minimum absolute atomic E-state index is 0.00574. The molecule has 0 heterocycles. The topological polar surface area (TPSA) is 49.7 Å². The molecule has 0 aliphatic rings. The molecule has 4 nitrogen and oxygen atoms in total. The van der Waals surface area contributed by atoms with Gasteiger partial charge in [0.1, 0.15) is 0 Å². The lowest BCUT2D eigenvalue weighted by atomic mass is 10.2. The highest BCUT2D eigenvalue weighted by atomic mass is 16.1. The quantitative estimate of drug-likeness (QED) is 0.717. The molecule has 0 bridgehead atoms. The first kappa shape index (κ1) is 13.2. The van der Waals surface area contributed by atoms with E-state index in [2.05, 4.69) is 4.99 Å². The lowest BCUT2D eigenvalue weighted by molar-refractivity contribution is 1.13. The summed E-state index contributed by atoms with van der Waals surface area (Å²) in [6.07, 6.45) is 0. The van der Waals surface area contributed by atoms with Gasteiger partial charge in [-0.3, -0.25) is 9.59 Å². The lowest BCUT2D eigenvalue weighted by Gasteiger charge is -2.11. The zero-order valence-electron chi connectivity index (χ0n) is 11.8. The van der Waals surface area contributed by atoms with Crippen LogP contribution in [0.4, 0.5) is 11.4 Å². The van der Waals surface area contributed by atoms with Crippen molar-refractivity contribution in [3.63, 3.8) is 0 Å². The lowest BCUT2D eigenvalue weighted by Crippen LogP contribution is -2.31. The Kier molecular flexibility index (Phi) is 3.14. The Balaban J connectivity index is 2.20. The van der Waals surface area contributed by atoms with E-state index in [0.717, 1.165) is 5.69 Å². The van der Waals surface area contributed by atoms with Gasteiger partial charge in [-0.25, -0.2) is 4.99 Å². The standard InChI is InChI=1S/C17H14N2O2/c1-19(2)12-9-7-11(8-10-12)18-15-16(20)13-5-3-4-6-14(13)17(15)21/h3-10H,1-2H3. The summed E-state index contributed by atoms with van der Waals surface area (Å²) in [7, 11) is 3.89. The molecule has 0 unspecified atom stereocenters. The van der Waals surface area contributed by atoms with Crippen LogP contribution in [0.2, 0.25) is 0 Å². The van der Waals surface area contributed by atoms with Gasteiger partial charge >= 0.3 is 0 Å². The number of hydrogen-bond acceptors (Lipinski definition) is 4. The van der Waals surface area contributed by atoms with Crippen LogP contribution in [0.25, 0.3) is 10.8 Å². The first-order valence-electron chi connectivity index (χ1n) is 6.62. The molecule has 21 heavy (non-hydrogen) atoms. The molecule has 0 aliphatic carbocycles. The molecule has 3 aromatic carbocycles. The molecular weight excluding hydrogens is 264 g/mol. The van der Waals surface area contributed by atoms with Crippen molar-refractivity contribution in [2.24, 2.45) is 4.99 Å². The summed E-state index contributed by atoms with van der Waals surface area (Å²) < 4.78 is 0. The van der Waals surface area contributed by atoms with E-state index in [9.17, 15) is 9.59 Å². The molecule has 0 atom stereocenters. The van der Waals surface area contributed by atoms with E-state index >= 15 is 0 Å². The van der Waals surface area contributed by atoms with Gasteiger partial charge in [-0.2, -0.15) is 0 Å². The summed E-state index contributed by atoms with van der Waals surface area (Å²) in [6.45, 7) is 0. The Morgan fingerprint density at radius 3 is 1.81 bits per heavy atom. The number of fused-ring (bicyclic) bond motifs is 1. The van der Waals surface area contributed by atoms with Crippen molar-refractivity contribution in [2.45, 2.75) is 0 Å². The van der Waals surface area contributed by atoms with Crippen LogP contribution in [0.5, 0.6) is 0 Å². The van der Waals surface area contributed by atoms with Gasteiger partial charge in [0.25, 0.3) is 0 Å². The maximum atomic E-state index is 12.2. The minimum Gasteiger partial charge on any atom is -0.378 e. The van der Waals surface area contributed by atoms with Crippen molar-refractivity contribution in [2.75, 3.05) is 19.0 Å². The molecular formula is C17H14N2O2. The Bertz CT molecular complexity index is 897. The third kappa shape index (κ3) is 2.25. The van der Waals surface area contributed by atoms with Gasteiger partial charge in [-0.15, -0.1) is 0 Å². The maximum absolute atomic E-state index is 12.2. The largest absolute Gasteiger partial charge is 0.378 e. The zero-order valence-corrected chi connectivity index (χ0v) is 11.8. The molecule has 104 valence electrons. The van der Waals surface area contributed by atoms with Gasteiger partial charge in [0.2, 0.25) is 10.9 Å². The average Bonchev–Trinajstić information content (AvgIpc) is 2.73. The Hall–Kier alpha value is -2.75. The first-order valence-corrected chi connectivity index (χ1v) is 6.62. The smallest absolute Gasteiger partial charge is 0.216 e. The van der Waals surface area contributed by atoms with Crippen LogP contribution in [0.3, 0.4) is 0 Å². The Morgan fingerprint density at radius 1 is 0.810 bits per heavy atom. The van der Waals surface area contributed by atoms with Crippen molar-refractivity contribution in [3.05, 3.63) is 74.3 Å². The van der Waals surface area contributed by atoms with Crippen molar-refractivity contribution in [1.29, 1.82) is 0 Å². The number of nitrogens with zero attached hydrogens (tertiary/aromatic N) is 2. The van der Waals surface area contributed by atoms with Crippen LogP contribution >= 0.6 is 0 Å². The van der Waals surface area contributed by atoms with Gasteiger partial charge in [-0.05, 0) is 24.3 Å². The second kappa shape index (κ2) is 4.98. The van der Waals surface area contributed by atoms with Crippen LogP contribution in [0.1, 0.15) is 0 Å². The van der Waals surface area contributed by atoms with Crippen LogP contribution in [-0.4, -0.2) is 14.1 Å². The molecule has 3 rings (SSSR count). The van der Waals surface area contributed by atoms with Gasteiger partial charge < -0.3 is 4.90 Å². The monoisotopic (exact) mass is 278 g/mol. The number of benzene rings is 2. The average molecular weight is 278 g/mol. The number of rotatable bonds is 2. The molecule has 0 radical (unpaired) electrons. The molecule has 0 spiro atoms. The van der Waals surface area contributed by atoms with Crippen molar-refractivity contribution >= 4 is 22.1 Å². The molecule has 0 amide bonds. The van der Waals surface area contributed by atoms with E-state index in [-0.39, 0.29) is 16.2 Å². The van der Waals surface area contributed by atoms with E-state index in [4.69, 9.17) is 0 Å². The Morgan fingerprint density at radius 2 is 1.33 bits per heavy atom. The minimum atomic E-state index is -0.299. The van der Waals surface area contributed by atoms with Gasteiger partial charge in [0, 0.05) is 30.6 Å². The summed E-state index contributed by atoms with van der Waals surface area (Å²) in [6, 6.07) is 14.2. The summed E-state index contributed by atoms with van der Waals surface area (Å²) in [5, 5.41) is 0.867. The Labute approximate surface area is 121 Å². The van der Waals surface area contributed by atoms with Gasteiger partial charge in [0.15, 0.2) is 5.36 Å². The molecule has 0 saturated heterocycles. The number of hydrogen-bond donors (Lipinski definition) is 0. The predicted octanol–water partition coefficient (Wildman–Crippen LogP) is 1.73. The molecule has 4 heteroatoms. The van der Waals surface area contributed by atoms with E-state index in [0.29, 0.717) is 16.5 Å². The van der Waals surface area contributed by atoms with Gasteiger partial charge in [0.05, 0.1) is 5.69 Å². The van der Waals surface area contributed by atoms with Crippen LogP contribution in [0, 0.1) is 0 Å². The fourth-order valence-corrected chi connectivity index (χ4v) is 2.29. The summed E-state index contributed by atoms with van der Waals surface area (Å²) >= 11 is 0.